The molecule has 1 atom stereocenters. The number of benzene rings is 9. The van der Waals surface area contributed by atoms with Crippen LogP contribution in [-0.4, -0.2) is 0 Å². The number of anilines is 3. The second kappa shape index (κ2) is 11.6. The largest absolute Gasteiger partial charge is 0.456 e. The summed E-state index contributed by atoms with van der Waals surface area (Å²) in [6.45, 7) is 4.72. The van der Waals surface area contributed by atoms with Crippen LogP contribution in [-0.2, 0) is 10.8 Å². The molecule has 0 fully saturated rings. The van der Waals surface area contributed by atoms with Crippen molar-refractivity contribution in [3.05, 3.63) is 221 Å². The summed E-state index contributed by atoms with van der Waals surface area (Å²) in [5, 5.41) is 4.52. The SMILES string of the molecule is CC1(C)c2ccccc2-c2ccc(N(c3ccc4c(c3)-c3ccccc3C43c4ccccc4-c4cc5oc6ccccc6c5cc43)c3ccc4oc5ccccc5c4c3)cc21. The molecule has 1 spiro atoms. The van der Waals surface area contributed by atoms with Crippen LogP contribution < -0.4 is 4.90 Å². The predicted molar refractivity (Wildman–Crippen MR) is 250 cm³/mol. The zero-order valence-corrected chi connectivity index (χ0v) is 33.7. The summed E-state index contributed by atoms with van der Waals surface area (Å²) in [6.07, 6.45) is 0. The minimum atomic E-state index is -0.494. The van der Waals surface area contributed by atoms with Crippen LogP contribution in [0.3, 0.4) is 0 Å². The van der Waals surface area contributed by atoms with Crippen molar-refractivity contribution < 1.29 is 8.83 Å². The maximum absolute atomic E-state index is 6.50. The van der Waals surface area contributed by atoms with Crippen LogP contribution in [0.4, 0.5) is 17.1 Å². The fraction of sp³-hybridized carbons (Fsp3) is 0.0690. The van der Waals surface area contributed by atoms with E-state index in [0.717, 1.165) is 60.9 Å². The van der Waals surface area contributed by atoms with E-state index in [1.807, 2.05) is 6.07 Å². The molecule has 2 aromatic heterocycles. The van der Waals surface area contributed by atoms with Gasteiger partial charge < -0.3 is 13.7 Å². The summed E-state index contributed by atoms with van der Waals surface area (Å²) in [6, 6.07) is 69.4. The Morgan fingerprint density at radius 2 is 0.787 bits per heavy atom. The lowest BCUT2D eigenvalue weighted by Crippen LogP contribution is -2.25. The van der Waals surface area contributed by atoms with Crippen molar-refractivity contribution in [1.29, 1.82) is 0 Å². The summed E-state index contributed by atoms with van der Waals surface area (Å²) in [4.78, 5) is 2.45. The number of fused-ring (bicyclic) bond motifs is 19. The minimum Gasteiger partial charge on any atom is -0.456 e. The number of rotatable bonds is 3. The fourth-order valence-corrected chi connectivity index (χ4v) is 11.6. The van der Waals surface area contributed by atoms with Crippen molar-refractivity contribution >= 4 is 60.9 Å². The molecule has 0 radical (unpaired) electrons. The molecule has 0 N–H and O–H groups in total. The number of nitrogens with zero attached hydrogens (tertiary/aromatic N) is 1. The Bertz CT molecular complexity index is 3710. The molecule has 3 heteroatoms. The van der Waals surface area contributed by atoms with Crippen LogP contribution in [0.2, 0.25) is 0 Å². The summed E-state index contributed by atoms with van der Waals surface area (Å²) in [5.74, 6) is 0. The van der Waals surface area contributed by atoms with Crippen molar-refractivity contribution in [3.8, 4) is 33.4 Å². The number of para-hydroxylation sites is 2. The average Bonchev–Trinajstić information content (AvgIpc) is 4.07. The van der Waals surface area contributed by atoms with Gasteiger partial charge in [-0.2, -0.15) is 0 Å². The first kappa shape index (κ1) is 33.2. The van der Waals surface area contributed by atoms with Gasteiger partial charge >= 0.3 is 0 Å². The van der Waals surface area contributed by atoms with E-state index in [4.69, 9.17) is 8.83 Å². The normalized spacial score (nSPS) is 16.2. The number of furan rings is 2. The third-order valence-corrected chi connectivity index (χ3v) is 14.3. The van der Waals surface area contributed by atoms with Gasteiger partial charge in [-0.15, -0.1) is 0 Å². The van der Waals surface area contributed by atoms with Crippen molar-refractivity contribution in [3.63, 3.8) is 0 Å². The Kier molecular flexibility index (Phi) is 6.30. The Morgan fingerprint density at radius 3 is 1.51 bits per heavy atom. The average molecular weight is 780 g/mol. The third-order valence-electron chi connectivity index (χ3n) is 14.3. The highest BCUT2D eigenvalue weighted by Gasteiger charge is 2.52. The molecular weight excluding hydrogens is 743 g/mol. The monoisotopic (exact) mass is 779 g/mol. The maximum atomic E-state index is 6.50. The summed E-state index contributed by atoms with van der Waals surface area (Å²) in [7, 11) is 0. The van der Waals surface area contributed by atoms with E-state index in [2.05, 4.69) is 201 Å². The molecule has 286 valence electrons. The highest BCUT2D eigenvalue weighted by Crippen LogP contribution is 2.64. The summed E-state index contributed by atoms with van der Waals surface area (Å²) >= 11 is 0. The topological polar surface area (TPSA) is 29.5 Å². The lowest BCUT2D eigenvalue weighted by atomic mass is 9.70. The number of hydrogen-bond donors (Lipinski definition) is 0. The Hall–Kier alpha value is -7.62. The molecule has 11 aromatic rings. The van der Waals surface area contributed by atoms with Gasteiger partial charge in [0.25, 0.3) is 0 Å². The van der Waals surface area contributed by atoms with E-state index < -0.39 is 5.41 Å². The van der Waals surface area contributed by atoms with Crippen LogP contribution >= 0.6 is 0 Å². The highest BCUT2D eigenvalue weighted by atomic mass is 16.3. The first-order valence-corrected chi connectivity index (χ1v) is 21.2. The summed E-state index contributed by atoms with van der Waals surface area (Å²) < 4.78 is 12.9. The second-order valence-electron chi connectivity index (χ2n) is 17.6. The van der Waals surface area contributed by atoms with Crippen molar-refractivity contribution in [2.45, 2.75) is 24.7 Å². The summed E-state index contributed by atoms with van der Waals surface area (Å²) in [5.41, 5.74) is 21.9. The van der Waals surface area contributed by atoms with Gasteiger partial charge in [-0.25, -0.2) is 0 Å². The molecule has 3 nitrogen and oxygen atoms in total. The molecule has 2 heterocycles. The van der Waals surface area contributed by atoms with Crippen LogP contribution in [0.15, 0.2) is 197 Å². The molecule has 1 unspecified atom stereocenters. The number of hydrogen-bond acceptors (Lipinski definition) is 3. The van der Waals surface area contributed by atoms with E-state index in [9.17, 15) is 0 Å². The van der Waals surface area contributed by atoms with Crippen molar-refractivity contribution in [2.24, 2.45) is 0 Å². The van der Waals surface area contributed by atoms with Gasteiger partial charge in [-0.1, -0.05) is 135 Å². The van der Waals surface area contributed by atoms with Gasteiger partial charge in [0.05, 0.1) is 5.41 Å². The molecule has 14 rings (SSSR count). The molecule has 0 amide bonds. The predicted octanol–water partition coefficient (Wildman–Crippen LogP) is 15.6. The highest BCUT2D eigenvalue weighted by molar-refractivity contribution is 6.09. The van der Waals surface area contributed by atoms with Crippen molar-refractivity contribution in [2.75, 3.05) is 4.90 Å². The minimum absolute atomic E-state index is 0.142. The zero-order valence-electron chi connectivity index (χ0n) is 33.7. The Morgan fingerprint density at radius 1 is 0.311 bits per heavy atom. The second-order valence-corrected chi connectivity index (χ2v) is 17.6. The van der Waals surface area contributed by atoms with E-state index in [0.29, 0.717) is 0 Å². The molecule has 3 aliphatic carbocycles. The maximum Gasteiger partial charge on any atom is 0.136 e. The fourth-order valence-electron chi connectivity index (χ4n) is 11.6. The van der Waals surface area contributed by atoms with Crippen LogP contribution in [0.25, 0.3) is 77.3 Å². The zero-order chi connectivity index (χ0) is 40.2. The smallest absolute Gasteiger partial charge is 0.136 e. The van der Waals surface area contributed by atoms with Gasteiger partial charge in [0.15, 0.2) is 0 Å². The van der Waals surface area contributed by atoms with Crippen LogP contribution in [0.5, 0.6) is 0 Å². The first-order valence-electron chi connectivity index (χ1n) is 21.2. The molecule has 0 saturated heterocycles. The van der Waals surface area contributed by atoms with E-state index in [1.54, 1.807) is 0 Å². The van der Waals surface area contributed by atoms with Gasteiger partial charge in [0.2, 0.25) is 0 Å². The van der Waals surface area contributed by atoms with Crippen molar-refractivity contribution in [1.82, 2.24) is 0 Å². The molecule has 0 aliphatic heterocycles. The van der Waals surface area contributed by atoms with E-state index in [1.165, 1.54) is 66.8 Å². The standard InChI is InChI=1S/C58H37NO2/c1-57(2)47-18-8-3-13-37(47)40-26-23-36(31-51(40)57)59(35-25-28-55-45(30-35)41-16-6-11-21-53(41)60-55)34-24-27-50-43(29-34)38-14-4-9-19-48(38)58(50)49-20-10-5-15-39(49)44-33-56-46(32-52(44)58)42-17-7-12-22-54(42)61-56/h3-33H,1-2H3. The van der Waals surface area contributed by atoms with Gasteiger partial charge in [0, 0.05) is 44.0 Å². The Labute approximate surface area is 352 Å². The van der Waals surface area contributed by atoms with Crippen LogP contribution in [0.1, 0.15) is 47.2 Å². The molecule has 9 aromatic carbocycles. The Balaban J connectivity index is 1.03. The molecule has 3 aliphatic rings. The van der Waals surface area contributed by atoms with E-state index >= 15 is 0 Å². The van der Waals surface area contributed by atoms with Gasteiger partial charge in [-0.05, 0) is 133 Å². The third kappa shape index (κ3) is 4.18. The van der Waals surface area contributed by atoms with Gasteiger partial charge in [-0.3, -0.25) is 0 Å². The molecule has 61 heavy (non-hydrogen) atoms. The lowest BCUT2D eigenvalue weighted by molar-refractivity contribution is 0.660. The first-order chi connectivity index (χ1) is 30.0. The van der Waals surface area contributed by atoms with E-state index in [-0.39, 0.29) is 5.41 Å². The molecule has 0 saturated carbocycles. The molecular formula is C58H37NO2. The van der Waals surface area contributed by atoms with Crippen LogP contribution in [0, 0.1) is 0 Å². The van der Waals surface area contributed by atoms with Gasteiger partial charge in [0.1, 0.15) is 22.3 Å². The molecule has 0 bridgehead atoms. The quantitative estimate of drug-likeness (QED) is 0.179. The lowest BCUT2D eigenvalue weighted by Gasteiger charge is -2.31.